The van der Waals surface area contributed by atoms with Gasteiger partial charge in [0.1, 0.15) is 0 Å². The molecule has 2 heterocycles. The van der Waals surface area contributed by atoms with E-state index in [-0.39, 0.29) is 5.91 Å². The van der Waals surface area contributed by atoms with Gasteiger partial charge in [-0.3, -0.25) is 4.79 Å². The molecule has 122 valence electrons. The quantitative estimate of drug-likeness (QED) is 0.931. The zero-order valence-electron chi connectivity index (χ0n) is 13.2. The summed E-state index contributed by atoms with van der Waals surface area (Å²) in [6.07, 6.45) is 1.85. The zero-order chi connectivity index (χ0) is 16.2. The number of aliphatic hydroxyl groups excluding tert-OH is 1. The zero-order valence-corrected chi connectivity index (χ0v) is 13.2. The van der Waals surface area contributed by atoms with Crippen molar-refractivity contribution in [2.45, 2.75) is 38.7 Å². The van der Waals surface area contributed by atoms with Gasteiger partial charge in [0.15, 0.2) is 5.82 Å². The summed E-state index contributed by atoms with van der Waals surface area (Å²) in [6, 6.07) is 7.84. The number of hydrogen-bond acceptors (Lipinski definition) is 5. The fourth-order valence-electron chi connectivity index (χ4n) is 2.96. The van der Waals surface area contributed by atoms with Crippen molar-refractivity contribution in [3.05, 3.63) is 47.1 Å². The van der Waals surface area contributed by atoms with Gasteiger partial charge in [0.05, 0.1) is 12.6 Å². The van der Waals surface area contributed by atoms with E-state index in [1.54, 1.807) is 11.8 Å². The minimum Gasteiger partial charge on any atom is -0.387 e. The Morgan fingerprint density at radius 2 is 2.26 bits per heavy atom. The Morgan fingerprint density at radius 1 is 1.43 bits per heavy atom. The second kappa shape index (κ2) is 6.91. The fourth-order valence-corrected chi connectivity index (χ4v) is 2.96. The first-order valence-electron chi connectivity index (χ1n) is 7.96. The molecule has 1 aliphatic rings. The molecule has 0 saturated heterocycles. The molecular weight excluding hydrogens is 294 g/mol. The first kappa shape index (κ1) is 15.7. The van der Waals surface area contributed by atoms with Crippen LogP contribution in [0.15, 0.2) is 28.8 Å². The number of β-amino-alcohol motifs (C(OH)–C–C–N with tert-alkyl or cyclic N) is 1. The average Bonchev–Trinajstić information content (AvgIpc) is 2.88. The molecule has 0 bridgehead atoms. The van der Waals surface area contributed by atoms with E-state index in [9.17, 15) is 9.90 Å². The van der Waals surface area contributed by atoms with Crippen LogP contribution in [0.25, 0.3) is 0 Å². The maximum atomic E-state index is 12.4. The summed E-state index contributed by atoms with van der Waals surface area (Å²) >= 11 is 0. The van der Waals surface area contributed by atoms with Crippen molar-refractivity contribution in [1.82, 2.24) is 15.0 Å². The molecule has 0 spiro atoms. The summed E-state index contributed by atoms with van der Waals surface area (Å²) in [5.74, 6) is 1.24. The van der Waals surface area contributed by atoms with Crippen LogP contribution in [0.4, 0.5) is 0 Å². The molecule has 1 atom stereocenters. The van der Waals surface area contributed by atoms with Gasteiger partial charge in [0.25, 0.3) is 0 Å². The predicted molar refractivity (Wildman–Crippen MR) is 83.7 cm³/mol. The van der Waals surface area contributed by atoms with Crippen molar-refractivity contribution in [1.29, 1.82) is 0 Å². The minimum absolute atomic E-state index is 0.0630. The molecule has 0 fully saturated rings. The third-order valence-electron chi connectivity index (χ3n) is 4.16. The number of fused-ring (bicyclic) bond motifs is 1. The van der Waals surface area contributed by atoms with Gasteiger partial charge in [0, 0.05) is 19.4 Å². The Kier molecular flexibility index (Phi) is 4.71. The third-order valence-corrected chi connectivity index (χ3v) is 4.16. The predicted octanol–water partition coefficient (Wildman–Crippen LogP) is 1.82. The summed E-state index contributed by atoms with van der Waals surface area (Å²) in [5.41, 5.74) is 2.06. The number of hydrogen-bond donors (Lipinski definition) is 1. The van der Waals surface area contributed by atoms with Gasteiger partial charge in [-0.25, -0.2) is 0 Å². The first-order chi connectivity index (χ1) is 11.1. The van der Waals surface area contributed by atoms with Crippen molar-refractivity contribution in [3.63, 3.8) is 0 Å². The van der Waals surface area contributed by atoms with Crippen LogP contribution in [0, 0.1) is 6.92 Å². The molecule has 0 saturated carbocycles. The topological polar surface area (TPSA) is 79.5 Å². The Bertz CT molecular complexity index is 683. The molecule has 0 aliphatic carbocycles. The highest BCUT2D eigenvalue weighted by Gasteiger charge is 2.23. The molecule has 6 nitrogen and oxygen atoms in total. The average molecular weight is 315 g/mol. The third kappa shape index (κ3) is 3.76. The van der Waals surface area contributed by atoms with Crippen molar-refractivity contribution in [2.24, 2.45) is 0 Å². The number of carbonyl (C=O) groups excluding carboxylic acids is 1. The van der Waals surface area contributed by atoms with Gasteiger partial charge >= 0.3 is 0 Å². The van der Waals surface area contributed by atoms with Crippen molar-refractivity contribution in [2.75, 3.05) is 13.1 Å². The maximum absolute atomic E-state index is 12.4. The summed E-state index contributed by atoms with van der Waals surface area (Å²) in [7, 11) is 0. The Morgan fingerprint density at radius 3 is 3.04 bits per heavy atom. The van der Waals surface area contributed by atoms with E-state index in [0.717, 1.165) is 17.5 Å². The second-order valence-electron chi connectivity index (χ2n) is 5.89. The van der Waals surface area contributed by atoms with Gasteiger partial charge in [-0.2, -0.15) is 4.98 Å². The van der Waals surface area contributed by atoms with Gasteiger partial charge in [-0.1, -0.05) is 29.4 Å². The van der Waals surface area contributed by atoms with Gasteiger partial charge in [-0.15, -0.1) is 0 Å². The van der Waals surface area contributed by atoms with Crippen molar-refractivity contribution in [3.8, 4) is 0 Å². The molecule has 2 aromatic rings. The van der Waals surface area contributed by atoms with E-state index < -0.39 is 6.10 Å². The second-order valence-corrected chi connectivity index (χ2v) is 5.89. The SMILES string of the molecule is Cc1noc(CCCC(=O)N2CCc3ccccc3C(O)C2)n1. The fraction of sp³-hybridized carbons (Fsp3) is 0.471. The van der Waals surface area contributed by atoms with E-state index >= 15 is 0 Å². The van der Waals surface area contributed by atoms with Crippen LogP contribution in [-0.4, -0.2) is 39.1 Å². The van der Waals surface area contributed by atoms with Crippen LogP contribution >= 0.6 is 0 Å². The molecule has 0 radical (unpaired) electrons. The van der Waals surface area contributed by atoms with Crippen molar-refractivity contribution < 1.29 is 14.4 Å². The number of aromatic nitrogens is 2. The maximum Gasteiger partial charge on any atom is 0.226 e. The summed E-state index contributed by atoms with van der Waals surface area (Å²) in [5, 5.41) is 14.1. The van der Waals surface area contributed by atoms with E-state index in [0.29, 0.717) is 44.1 Å². The molecule has 1 amide bonds. The van der Waals surface area contributed by atoms with E-state index in [4.69, 9.17) is 4.52 Å². The lowest BCUT2D eigenvalue weighted by molar-refractivity contribution is -0.132. The van der Waals surface area contributed by atoms with E-state index in [2.05, 4.69) is 10.1 Å². The lowest BCUT2D eigenvalue weighted by Crippen LogP contribution is -2.34. The van der Waals surface area contributed by atoms with Gasteiger partial charge in [0.2, 0.25) is 11.8 Å². The summed E-state index contributed by atoms with van der Waals surface area (Å²) in [6.45, 7) is 2.77. The number of benzene rings is 1. The number of carbonyl (C=O) groups is 1. The lowest BCUT2D eigenvalue weighted by Gasteiger charge is -2.22. The smallest absolute Gasteiger partial charge is 0.226 e. The van der Waals surface area contributed by atoms with Crippen LogP contribution in [0.2, 0.25) is 0 Å². The molecule has 3 rings (SSSR count). The van der Waals surface area contributed by atoms with Crippen LogP contribution in [-0.2, 0) is 17.6 Å². The number of aryl methyl sites for hydroxylation is 2. The Labute approximate surface area is 135 Å². The minimum atomic E-state index is -0.615. The Balaban J connectivity index is 1.54. The summed E-state index contributed by atoms with van der Waals surface area (Å²) in [4.78, 5) is 18.3. The molecule has 6 heteroatoms. The molecule has 23 heavy (non-hydrogen) atoms. The van der Waals surface area contributed by atoms with E-state index in [1.807, 2.05) is 24.3 Å². The molecule has 1 N–H and O–H groups in total. The molecule has 1 aliphatic heterocycles. The highest BCUT2D eigenvalue weighted by atomic mass is 16.5. The highest BCUT2D eigenvalue weighted by molar-refractivity contribution is 5.76. The summed E-state index contributed by atoms with van der Waals surface area (Å²) < 4.78 is 5.04. The molecule has 1 aromatic heterocycles. The molecule has 1 aromatic carbocycles. The number of rotatable bonds is 4. The van der Waals surface area contributed by atoms with Crippen LogP contribution in [0.5, 0.6) is 0 Å². The number of amides is 1. The normalized spacial score (nSPS) is 17.7. The van der Waals surface area contributed by atoms with E-state index in [1.165, 1.54) is 0 Å². The van der Waals surface area contributed by atoms with Crippen LogP contribution < -0.4 is 0 Å². The van der Waals surface area contributed by atoms with Gasteiger partial charge in [-0.05, 0) is 30.9 Å². The first-order valence-corrected chi connectivity index (χ1v) is 7.96. The Hall–Kier alpha value is -2.21. The van der Waals surface area contributed by atoms with Crippen molar-refractivity contribution >= 4 is 5.91 Å². The van der Waals surface area contributed by atoms with Gasteiger partial charge < -0.3 is 14.5 Å². The molecular formula is C17H21N3O3. The lowest BCUT2D eigenvalue weighted by atomic mass is 10.0. The standard InChI is InChI=1S/C17H21N3O3/c1-12-18-16(23-19-12)7-4-8-17(22)20-10-9-13-5-2-3-6-14(13)15(21)11-20/h2-3,5-6,15,21H,4,7-11H2,1H3. The van der Waals surface area contributed by atoms with Crippen LogP contribution in [0.3, 0.4) is 0 Å². The number of nitrogens with zero attached hydrogens (tertiary/aromatic N) is 3. The molecule has 1 unspecified atom stereocenters. The number of aliphatic hydroxyl groups is 1. The van der Waals surface area contributed by atoms with Crippen LogP contribution in [0.1, 0.15) is 41.8 Å². The highest BCUT2D eigenvalue weighted by Crippen LogP contribution is 2.23. The largest absolute Gasteiger partial charge is 0.387 e. The monoisotopic (exact) mass is 315 g/mol.